The van der Waals surface area contributed by atoms with Crippen molar-refractivity contribution in [2.45, 2.75) is 6.42 Å². The molecule has 21 heavy (non-hydrogen) atoms. The molecule has 0 aromatic heterocycles. The van der Waals surface area contributed by atoms with Crippen molar-refractivity contribution in [2.24, 2.45) is 0 Å². The molecule has 2 heteroatoms. The first-order chi connectivity index (χ1) is 10.3. The number of aromatic hydroxyl groups is 2. The van der Waals surface area contributed by atoms with E-state index in [0.717, 1.165) is 39.5 Å². The number of phenolic OH excluding ortho intramolecular Hbond substituents is 2. The Morgan fingerprint density at radius 3 is 2.43 bits per heavy atom. The maximum absolute atomic E-state index is 10.4. The van der Waals surface area contributed by atoms with Crippen LogP contribution in [0, 0.1) is 0 Å². The Morgan fingerprint density at radius 2 is 1.52 bits per heavy atom. The molecule has 3 aromatic rings. The van der Waals surface area contributed by atoms with E-state index in [1.54, 1.807) is 12.1 Å². The summed E-state index contributed by atoms with van der Waals surface area (Å²) >= 11 is 0. The van der Waals surface area contributed by atoms with E-state index in [0.29, 0.717) is 0 Å². The topological polar surface area (TPSA) is 40.5 Å². The summed E-state index contributed by atoms with van der Waals surface area (Å²) in [6.07, 6.45) is 2.85. The number of allylic oxidation sites excluding steroid dienone is 1. The first-order valence-electron chi connectivity index (χ1n) is 6.98. The highest BCUT2D eigenvalue weighted by atomic mass is 16.3. The molecule has 0 saturated heterocycles. The fourth-order valence-corrected chi connectivity index (χ4v) is 3.15. The molecule has 3 aromatic carbocycles. The molecule has 0 saturated carbocycles. The van der Waals surface area contributed by atoms with Crippen LogP contribution in [0.4, 0.5) is 0 Å². The van der Waals surface area contributed by atoms with Crippen LogP contribution < -0.4 is 0 Å². The summed E-state index contributed by atoms with van der Waals surface area (Å²) in [6, 6.07) is 17.2. The fourth-order valence-electron chi connectivity index (χ4n) is 3.15. The van der Waals surface area contributed by atoms with Crippen molar-refractivity contribution in [2.75, 3.05) is 0 Å². The number of benzene rings is 3. The maximum atomic E-state index is 10.4. The molecule has 4 rings (SSSR count). The highest BCUT2D eigenvalue weighted by molar-refractivity contribution is 6.02. The first kappa shape index (κ1) is 12.0. The molecule has 0 atom stereocenters. The molecule has 0 fully saturated rings. The van der Waals surface area contributed by atoms with E-state index in [9.17, 15) is 10.2 Å². The van der Waals surface area contributed by atoms with Crippen LogP contribution in [0.3, 0.4) is 0 Å². The van der Waals surface area contributed by atoms with Gasteiger partial charge in [0.25, 0.3) is 0 Å². The summed E-state index contributed by atoms with van der Waals surface area (Å²) < 4.78 is 0. The lowest BCUT2D eigenvalue weighted by molar-refractivity contribution is 0.471. The molecule has 0 amide bonds. The minimum Gasteiger partial charge on any atom is -0.507 e. The van der Waals surface area contributed by atoms with Crippen LogP contribution in [-0.2, 0) is 6.42 Å². The fraction of sp³-hybridized carbons (Fsp3) is 0.0526. The van der Waals surface area contributed by atoms with E-state index in [1.165, 1.54) is 0 Å². The van der Waals surface area contributed by atoms with E-state index < -0.39 is 0 Å². The molecule has 1 aliphatic rings. The van der Waals surface area contributed by atoms with Crippen LogP contribution in [0.25, 0.3) is 16.3 Å². The minimum absolute atomic E-state index is 0.246. The first-order valence-corrected chi connectivity index (χ1v) is 6.98. The Hall–Kier alpha value is -2.74. The van der Waals surface area contributed by atoms with Crippen molar-refractivity contribution >= 4 is 16.3 Å². The van der Waals surface area contributed by atoms with Gasteiger partial charge in [0.1, 0.15) is 11.5 Å². The second kappa shape index (κ2) is 4.38. The number of hydrogen-bond acceptors (Lipinski definition) is 2. The largest absolute Gasteiger partial charge is 0.507 e. The van der Waals surface area contributed by atoms with E-state index >= 15 is 0 Å². The molecule has 0 radical (unpaired) electrons. The zero-order chi connectivity index (χ0) is 14.4. The molecule has 0 unspecified atom stereocenters. The summed E-state index contributed by atoms with van der Waals surface area (Å²) in [4.78, 5) is 0. The SMILES string of the molecule is Oc1cccc2c1C(c1c(O)ccc3ccccc13)=CC2. The van der Waals surface area contributed by atoms with Crippen LogP contribution in [0.1, 0.15) is 16.7 Å². The van der Waals surface area contributed by atoms with Crippen LogP contribution in [0.2, 0.25) is 0 Å². The van der Waals surface area contributed by atoms with Gasteiger partial charge >= 0.3 is 0 Å². The third-order valence-electron chi connectivity index (χ3n) is 4.10. The Labute approximate surface area is 122 Å². The number of phenols is 2. The Morgan fingerprint density at radius 1 is 0.714 bits per heavy atom. The highest BCUT2D eigenvalue weighted by Gasteiger charge is 2.22. The highest BCUT2D eigenvalue weighted by Crippen LogP contribution is 2.43. The summed E-state index contributed by atoms with van der Waals surface area (Å²) in [5, 5.41) is 22.6. The lowest BCUT2D eigenvalue weighted by atomic mass is 9.93. The lowest BCUT2D eigenvalue weighted by Gasteiger charge is -2.13. The second-order valence-electron chi connectivity index (χ2n) is 5.31. The molecule has 0 spiro atoms. The van der Waals surface area contributed by atoms with Gasteiger partial charge in [-0.15, -0.1) is 0 Å². The van der Waals surface area contributed by atoms with Crippen molar-refractivity contribution in [3.8, 4) is 11.5 Å². The number of rotatable bonds is 1. The average Bonchev–Trinajstić information content (AvgIpc) is 2.92. The van der Waals surface area contributed by atoms with Gasteiger partial charge in [-0.3, -0.25) is 0 Å². The van der Waals surface area contributed by atoms with Crippen molar-refractivity contribution in [3.05, 3.63) is 77.4 Å². The van der Waals surface area contributed by atoms with Gasteiger partial charge in [-0.2, -0.15) is 0 Å². The molecule has 102 valence electrons. The molecular formula is C19H14O2. The van der Waals surface area contributed by atoms with Crippen molar-refractivity contribution < 1.29 is 10.2 Å². The van der Waals surface area contributed by atoms with Gasteiger partial charge in [-0.25, -0.2) is 0 Å². The quantitative estimate of drug-likeness (QED) is 0.697. The van der Waals surface area contributed by atoms with Gasteiger partial charge < -0.3 is 10.2 Å². The third kappa shape index (κ3) is 1.73. The zero-order valence-corrected chi connectivity index (χ0v) is 11.4. The summed E-state index contributed by atoms with van der Waals surface area (Å²) in [5.74, 6) is 0.514. The molecule has 1 aliphatic carbocycles. The van der Waals surface area contributed by atoms with Crippen molar-refractivity contribution in [1.29, 1.82) is 0 Å². The lowest BCUT2D eigenvalue weighted by Crippen LogP contribution is -1.90. The average molecular weight is 274 g/mol. The summed E-state index contributed by atoms with van der Waals surface area (Å²) in [7, 11) is 0. The molecular weight excluding hydrogens is 260 g/mol. The zero-order valence-electron chi connectivity index (χ0n) is 11.4. The number of fused-ring (bicyclic) bond motifs is 2. The third-order valence-corrected chi connectivity index (χ3v) is 4.10. The Bertz CT molecular complexity index is 891. The van der Waals surface area contributed by atoms with Gasteiger partial charge in [0, 0.05) is 11.1 Å². The molecule has 2 nitrogen and oxygen atoms in total. The smallest absolute Gasteiger partial charge is 0.124 e. The molecule has 0 aliphatic heterocycles. The van der Waals surface area contributed by atoms with Gasteiger partial charge in [-0.1, -0.05) is 48.5 Å². The minimum atomic E-state index is 0.246. The number of hydrogen-bond donors (Lipinski definition) is 2. The van der Waals surface area contributed by atoms with Gasteiger partial charge in [-0.05, 0) is 40.5 Å². The van der Waals surface area contributed by atoms with E-state index in [1.807, 2.05) is 42.5 Å². The Kier molecular flexibility index (Phi) is 2.51. The molecule has 0 bridgehead atoms. The van der Waals surface area contributed by atoms with Crippen LogP contribution >= 0.6 is 0 Å². The second-order valence-corrected chi connectivity index (χ2v) is 5.31. The van der Waals surface area contributed by atoms with E-state index in [-0.39, 0.29) is 11.5 Å². The van der Waals surface area contributed by atoms with Crippen LogP contribution in [0.15, 0.2) is 60.7 Å². The predicted molar refractivity (Wildman–Crippen MR) is 84.5 cm³/mol. The Balaban J connectivity index is 2.04. The predicted octanol–water partition coefficient (Wildman–Crippen LogP) is 4.24. The van der Waals surface area contributed by atoms with Gasteiger partial charge in [0.2, 0.25) is 0 Å². The van der Waals surface area contributed by atoms with Crippen molar-refractivity contribution in [1.82, 2.24) is 0 Å². The van der Waals surface area contributed by atoms with Crippen LogP contribution in [-0.4, -0.2) is 10.2 Å². The normalized spacial score (nSPS) is 13.2. The van der Waals surface area contributed by atoms with Crippen molar-refractivity contribution in [3.63, 3.8) is 0 Å². The monoisotopic (exact) mass is 274 g/mol. The maximum Gasteiger partial charge on any atom is 0.124 e. The summed E-state index contributed by atoms with van der Waals surface area (Å²) in [6.45, 7) is 0. The van der Waals surface area contributed by atoms with Gasteiger partial charge in [0.05, 0.1) is 0 Å². The molecule has 2 N–H and O–H groups in total. The van der Waals surface area contributed by atoms with Crippen LogP contribution in [0.5, 0.6) is 11.5 Å². The van der Waals surface area contributed by atoms with Gasteiger partial charge in [0.15, 0.2) is 0 Å². The summed E-state index contributed by atoms with van der Waals surface area (Å²) in [5.41, 5.74) is 3.65. The molecule has 0 heterocycles. The van der Waals surface area contributed by atoms with E-state index in [2.05, 4.69) is 6.08 Å². The standard InChI is InChI=1S/C19H14O2/c20-16-7-3-5-13-8-10-15(18(13)16)19-14-6-2-1-4-12(14)9-11-17(19)21/h1-7,9-11,20-21H,8H2. The van der Waals surface area contributed by atoms with E-state index in [4.69, 9.17) is 0 Å².